The standard InChI is InChI=1S/C12H15N3O5S2/c1-14-6-12(20-11(14)17)3-4-15(7-12)10(16)9-8(2-5-21-9)22(13,18)19/h2,5H,3-4,6-7H2,1H3,(H2,13,18,19). The van der Waals surface area contributed by atoms with Crippen LogP contribution < -0.4 is 5.14 Å². The van der Waals surface area contributed by atoms with Crippen molar-refractivity contribution in [1.82, 2.24) is 9.80 Å². The quantitative estimate of drug-likeness (QED) is 0.815. The lowest BCUT2D eigenvalue weighted by molar-refractivity contribution is 0.0553. The Bertz CT molecular complexity index is 744. The molecule has 1 spiro atoms. The van der Waals surface area contributed by atoms with E-state index in [9.17, 15) is 18.0 Å². The number of amides is 2. The van der Waals surface area contributed by atoms with Gasteiger partial charge in [0.1, 0.15) is 9.77 Å². The molecule has 3 heterocycles. The summed E-state index contributed by atoms with van der Waals surface area (Å²) in [5, 5.41) is 6.64. The molecule has 22 heavy (non-hydrogen) atoms. The lowest BCUT2D eigenvalue weighted by Crippen LogP contribution is -2.39. The molecule has 2 N–H and O–H groups in total. The molecule has 1 aromatic rings. The highest BCUT2D eigenvalue weighted by atomic mass is 32.2. The zero-order chi connectivity index (χ0) is 16.1. The summed E-state index contributed by atoms with van der Waals surface area (Å²) in [7, 11) is -2.30. The van der Waals surface area contributed by atoms with Gasteiger partial charge in [-0.25, -0.2) is 18.4 Å². The van der Waals surface area contributed by atoms with Gasteiger partial charge in [0.15, 0.2) is 5.60 Å². The van der Waals surface area contributed by atoms with Crippen LogP contribution in [0.4, 0.5) is 4.79 Å². The topological polar surface area (TPSA) is 110 Å². The molecule has 0 aliphatic carbocycles. The summed E-state index contributed by atoms with van der Waals surface area (Å²) >= 11 is 1.03. The summed E-state index contributed by atoms with van der Waals surface area (Å²) in [5.74, 6) is -0.401. The SMILES string of the molecule is CN1CC2(CCN(C(=O)c3sccc3S(N)(=O)=O)C2)OC1=O. The molecule has 1 aromatic heterocycles. The number of thiophene rings is 1. The van der Waals surface area contributed by atoms with Gasteiger partial charge in [0.05, 0.1) is 13.1 Å². The molecule has 3 rings (SSSR count). The Morgan fingerprint density at radius 1 is 1.45 bits per heavy atom. The van der Waals surface area contributed by atoms with E-state index >= 15 is 0 Å². The molecule has 0 aromatic carbocycles. The van der Waals surface area contributed by atoms with Crippen molar-refractivity contribution < 1.29 is 22.7 Å². The number of carbonyl (C=O) groups excluding carboxylic acids is 2. The maximum Gasteiger partial charge on any atom is 0.410 e. The molecular weight excluding hydrogens is 330 g/mol. The molecule has 0 radical (unpaired) electrons. The first-order valence-corrected chi connectivity index (χ1v) is 8.98. The van der Waals surface area contributed by atoms with Gasteiger partial charge in [0.25, 0.3) is 5.91 Å². The highest BCUT2D eigenvalue weighted by molar-refractivity contribution is 7.89. The molecule has 2 fully saturated rings. The van der Waals surface area contributed by atoms with E-state index in [2.05, 4.69) is 0 Å². The number of hydrogen-bond donors (Lipinski definition) is 1. The number of likely N-dealkylation sites (tertiary alicyclic amines) is 1. The van der Waals surface area contributed by atoms with Crippen LogP contribution in [0.15, 0.2) is 16.3 Å². The van der Waals surface area contributed by atoms with E-state index in [4.69, 9.17) is 9.88 Å². The highest BCUT2D eigenvalue weighted by Crippen LogP contribution is 2.33. The third-order valence-electron chi connectivity index (χ3n) is 3.87. The van der Waals surface area contributed by atoms with Crippen LogP contribution >= 0.6 is 11.3 Å². The Kier molecular flexibility index (Phi) is 3.42. The Labute approximate surface area is 131 Å². The van der Waals surface area contributed by atoms with Crippen LogP contribution in [0, 0.1) is 0 Å². The average molecular weight is 345 g/mol. The molecule has 2 saturated heterocycles. The molecule has 1 atom stereocenters. The van der Waals surface area contributed by atoms with Gasteiger partial charge in [-0.05, 0) is 11.4 Å². The van der Waals surface area contributed by atoms with Gasteiger partial charge in [-0.1, -0.05) is 0 Å². The number of sulfonamides is 1. The number of nitrogens with two attached hydrogens (primary N) is 1. The predicted octanol–water partition coefficient (Wildman–Crippen LogP) is 0.0622. The number of nitrogens with zero attached hydrogens (tertiary/aromatic N) is 2. The molecular formula is C12H15N3O5S2. The molecule has 8 nitrogen and oxygen atoms in total. The zero-order valence-electron chi connectivity index (χ0n) is 11.8. The summed E-state index contributed by atoms with van der Waals surface area (Å²) in [4.78, 5) is 27.0. The smallest absolute Gasteiger partial charge is 0.410 e. The van der Waals surface area contributed by atoms with Crippen LogP contribution in [0.5, 0.6) is 0 Å². The van der Waals surface area contributed by atoms with Crippen molar-refractivity contribution in [2.45, 2.75) is 16.9 Å². The summed E-state index contributed by atoms with van der Waals surface area (Å²) in [6.07, 6.45) is 0.126. The second-order valence-corrected chi connectivity index (χ2v) is 7.99. The molecule has 2 aliphatic rings. The molecule has 0 bridgehead atoms. The fourth-order valence-electron chi connectivity index (χ4n) is 2.84. The average Bonchev–Trinajstić information content (AvgIpc) is 3.09. The van der Waals surface area contributed by atoms with Crippen LogP contribution in [-0.4, -0.2) is 62.5 Å². The van der Waals surface area contributed by atoms with E-state index in [0.717, 1.165) is 11.3 Å². The van der Waals surface area contributed by atoms with Crippen molar-refractivity contribution in [3.8, 4) is 0 Å². The predicted molar refractivity (Wildman–Crippen MR) is 78.1 cm³/mol. The third kappa shape index (κ3) is 2.46. The van der Waals surface area contributed by atoms with Gasteiger partial charge in [0, 0.05) is 20.0 Å². The van der Waals surface area contributed by atoms with Crippen LogP contribution in [0.2, 0.25) is 0 Å². The van der Waals surface area contributed by atoms with E-state index in [1.165, 1.54) is 21.2 Å². The van der Waals surface area contributed by atoms with E-state index in [0.29, 0.717) is 19.5 Å². The van der Waals surface area contributed by atoms with Crippen LogP contribution in [0.3, 0.4) is 0 Å². The number of carbonyl (C=O) groups is 2. The van der Waals surface area contributed by atoms with E-state index < -0.39 is 27.6 Å². The van der Waals surface area contributed by atoms with Crippen LogP contribution in [0.1, 0.15) is 16.1 Å². The largest absolute Gasteiger partial charge is 0.439 e. The monoisotopic (exact) mass is 345 g/mol. The van der Waals surface area contributed by atoms with Crippen molar-refractivity contribution in [3.63, 3.8) is 0 Å². The van der Waals surface area contributed by atoms with Gasteiger partial charge >= 0.3 is 6.09 Å². The van der Waals surface area contributed by atoms with Crippen molar-refractivity contribution in [2.24, 2.45) is 5.14 Å². The van der Waals surface area contributed by atoms with Gasteiger partial charge in [-0.3, -0.25) is 4.79 Å². The lowest BCUT2D eigenvalue weighted by atomic mass is 10.0. The third-order valence-corrected chi connectivity index (χ3v) is 5.86. The number of hydrogen-bond acceptors (Lipinski definition) is 6. The normalized spacial score (nSPS) is 25.1. The molecule has 10 heteroatoms. The lowest BCUT2D eigenvalue weighted by Gasteiger charge is -2.21. The summed E-state index contributed by atoms with van der Waals surface area (Å²) in [6, 6.07) is 1.32. The molecule has 1 unspecified atom stereocenters. The molecule has 120 valence electrons. The van der Waals surface area contributed by atoms with Crippen molar-refractivity contribution in [1.29, 1.82) is 0 Å². The Hall–Kier alpha value is -1.65. The second kappa shape index (κ2) is 4.93. The van der Waals surface area contributed by atoms with Gasteiger partial charge in [-0.2, -0.15) is 0 Å². The van der Waals surface area contributed by atoms with E-state index in [-0.39, 0.29) is 16.3 Å². The van der Waals surface area contributed by atoms with Crippen LogP contribution in [-0.2, 0) is 14.8 Å². The van der Waals surface area contributed by atoms with Gasteiger partial charge in [0.2, 0.25) is 10.0 Å². The number of likely N-dealkylation sites (N-methyl/N-ethyl adjacent to an activating group) is 1. The second-order valence-electron chi connectivity index (χ2n) is 5.54. The minimum absolute atomic E-state index is 0.0947. The summed E-state index contributed by atoms with van der Waals surface area (Å²) in [6.45, 7) is 1.08. The van der Waals surface area contributed by atoms with Crippen molar-refractivity contribution in [3.05, 3.63) is 16.3 Å². The summed E-state index contributed by atoms with van der Waals surface area (Å²) in [5.41, 5.74) is -0.694. The minimum atomic E-state index is -3.94. The Morgan fingerprint density at radius 2 is 2.18 bits per heavy atom. The van der Waals surface area contributed by atoms with Crippen molar-refractivity contribution >= 4 is 33.4 Å². The number of primary sulfonamides is 1. The number of ether oxygens (including phenoxy) is 1. The molecule has 2 aliphatic heterocycles. The Balaban J connectivity index is 1.81. The fraction of sp³-hybridized carbons (Fsp3) is 0.500. The van der Waals surface area contributed by atoms with Crippen LogP contribution in [0.25, 0.3) is 0 Å². The van der Waals surface area contributed by atoms with E-state index in [1.54, 1.807) is 7.05 Å². The summed E-state index contributed by atoms with van der Waals surface area (Å²) < 4.78 is 28.4. The zero-order valence-corrected chi connectivity index (χ0v) is 13.4. The first-order valence-electron chi connectivity index (χ1n) is 6.56. The fourth-order valence-corrected chi connectivity index (χ4v) is 4.78. The highest BCUT2D eigenvalue weighted by Gasteiger charge is 2.50. The van der Waals surface area contributed by atoms with E-state index in [1.807, 2.05) is 0 Å². The molecule has 0 saturated carbocycles. The minimum Gasteiger partial charge on any atom is -0.439 e. The molecule has 2 amide bonds. The van der Waals surface area contributed by atoms with Gasteiger partial charge < -0.3 is 14.5 Å². The maximum atomic E-state index is 12.5. The first kappa shape index (κ1) is 15.3. The first-order chi connectivity index (χ1) is 10.2. The Morgan fingerprint density at radius 3 is 2.77 bits per heavy atom. The van der Waals surface area contributed by atoms with Gasteiger partial charge in [-0.15, -0.1) is 11.3 Å². The van der Waals surface area contributed by atoms with Crippen molar-refractivity contribution in [2.75, 3.05) is 26.7 Å². The number of rotatable bonds is 2. The maximum absolute atomic E-state index is 12.5.